The minimum Gasteiger partial charge on any atom is -0.480 e. The summed E-state index contributed by atoms with van der Waals surface area (Å²) in [6, 6.07) is 4.53. The highest BCUT2D eigenvalue weighted by molar-refractivity contribution is 9.10. The number of hydrogen-bond donors (Lipinski definition) is 1. The van der Waals surface area contributed by atoms with E-state index in [-0.39, 0.29) is 23.9 Å². The van der Waals surface area contributed by atoms with Gasteiger partial charge >= 0.3 is 5.97 Å². The third kappa shape index (κ3) is 4.28. The Kier molecular flexibility index (Phi) is 5.10. The first kappa shape index (κ1) is 16.1. The van der Waals surface area contributed by atoms with Gasteiger partial charge in [0.2, 0.25) is 0 Å². The van der Waals surface area contributed by atoms with Gasteiger partial charge in [0.05, 0.1) is 6.54 Å². The normalized spacial score (nSPS) is 13.6. The van der Waals surface area contributed by atoms with Crippen molar-refractivity contribution >= 4 is 21.9 Å². The van der Waals surface area contributed by atoms with Crippen molar-refractivity contribution in [3.63, 3.8) is 0 Å². The van der Waals surface area contributed by atoms with Crippen molar-refractivity contribution in [3.05, 3.63) is 34.1 Å². The number of nitrogens with zero attached hydrogens (tertiary/aromatic N) is 1. The van der Waals surface area contributed by atoms with Crippen LogP contribution < -0.4 is 0 Å². The van der Waals surface area contributed by atoms with Crippen LogP contribution in [0.1, 0.15) is 39.3 Å². The zero-order valence-electron chi connectivity index (χ0n) is 11.6. The molecule has 0 aliphatic heterocycles. The minimum absolute atomic E-state index is 0.125. The van der Waals surface area contributed by atoms with Crippen LogP contribution in [0.5, 0.6) is 0 Å². The van der Waals surface area contributed by atoms with E-state index >= 15 is 0 Å². The van der Waals surface area contributed by atoms with Crippen LogP contribution in [0.2, 0.25) is 0 Å². The van der Waals surface area contributed by atoms with E-state index in [9.17, 15) is 9.18 Å². The summed E-state index contributed by atoms with van der Waals surface area (Å²) in [6.07, 6.45) is 0. The smallest absolute Gasteiger partial charge is 0.317 e. The second-order valence-corrected chi connectivity index (χ2v) is 6.45. The van der Waals surface area contributed by atoms with Crippen LogP contribution in [0.4, 0.5) is 4.39 Å². The standard InChI is InChI=1S/C14H19BrFNO2/c1-9(11-6-5-10(15)7-12(11)16)17(8-13(18)19)14(2,3)4/h5-7,9H,8H2,1-4H3,(H,18,19). The summed E-state index contributed by atoms with van der Waals surface area (Å²) in [5.74, 6) is -1.25. The van der Waals surface area contributed by atoms with Crippen LogP contribution in [-0.2, 0) is 4.79 Å². The first-order chi connectivity index (χ1) is 8.62. The summed E-state index contributed by atoms with van der Waals surface area (Å²) in [7, 11) is 0. The maximum atomic E-state index is 14.0. The monoisotopic (exact) mass is 331 g/mol. The molecule has 1 aromatic rings. The first-order valence-electron chi connectivity index (χ1n) is 6.06. The predicted molar refractivity (Wildman–Crippen MR) is 76.6 cm³/mol. The van der Waals surface area contributed by atoms with Crippen LogP contribution >= 0.6 is 15.9 Å². The maximum absolute atomic E-state index is 14.0. The number of carboxylic acids is 1. The summed E-state index contributed by atoms with van der Waals surface area (Å²) < 4.78 is 14.7. The molecule has 0 saturated heterocycles. The lowest BCUT2D eigenvalue weighted by atomic mass is 9.98. The Labute approximate surface area is 121 Å². The minimum atomic E-state index is -0.917. The molecule has 1 aromatic carbocycles. The van der Waals surface area contributed by atoms with Gasteiger partial charge in [0.25, 0.3) is 0 Å². The first-order valence-corrected chi connectivity index (χ1v) is 6.85. The van der Waals surface area contributed by atoms with E-state index in [2.05, 4.69) is 15.9 Å². The van der Waals surface area contributed by atoms with Crippen molar-refractivity contribution in [3.8, 4) is 0 Å². The van der Waals surface area contributed by atoms with Crippen LogP contribution in [-0.4, -0.2) is 28.1 Å². The van der Waals surface area contributed by atoms with Crippen LogP contribution in [0.25, 0.3) is 0 Å². The van der Waals surface area contributed by atoms with Crippen molar-refractivity contribution in [2.75, 3.05) is 6.54 Å². The number of rotatable bonds is 4. The quantitative estimate of drug-likeness (QED) is 0.911. The van der Waals surface area contributed by atoms with Crippen molar-refractivity contribution in [1.29, 1.82) is 0 Å². The van der Waals surface area contributed by atoms with Gasteiger partial charge in [-0.2, -0.15) is 0 Å². The highest BCUT2D eigenvalue weighted by Gasteiger charge is 2.30. The molecule has 0 aliphatic carbocycles. The predicted octanol–water partition coefficient (Wildman–Crippen LogP) is 3.83. The molecule has 3 nitrogen and oxygen atoms in total. The molecule has 0 aromatic heterocycles. The molecule has 0 heterocycles. The molecule has 0 fully saturated rings. The second kappa shape index (κ2) is 6.01. The lowest BCUT2D eigenvalue weighted by Crippen LogP contribution is -2.46. The Balaban J connectivity index is 3.11. The van der Waals surface area contributed by atoms with Gasteiger partial charge in [-0.15, -0.1) is 0 Å². The van der Waals surface area contributed by atoms with Gasteiger partial charge in [-0.25, -0.2) is 4.39 Å². The molecule has 19 heavy (non-hydrogen) atoms. The fourth-order valence-electron chi connectivity index (χ4n) is 2.11. The molecule has 1 N–H and O–H groups in total. The number of aliphatic carboxylic acids is 1. The Morgan fingerprint density at radius 3 is 2.47 bits per heavy atom. The highest BCUT2D eigenvalue weighted by Crippen LogP contribution is 2.30. The lowest BCUT2D eigenvalue weighted by Gasteiger charge is -2.39. The van der Waals surface area contributed by atoms with Gasteiger partial charge in [-0.05, 0) is 39.8 Å². The molecule has 0 spiro atoms. The van der Waals surface area contributed by atoms with Crippen molar-refractivity contribution < 1.29 is 14.3 Å². The molecule has 1 rings (SSSR count). The van der Waals surface area contributed by atoms with Crippen molar-refractivity contribution in [2.24, 2.45) is 0 Å². The SMILES string of the molecule is CC(c1ccc(Br)cc1F)N(CC(=O)O)C(C)(C)C. The van der Waals surface area contributed by atoms with Crippen LogP contribution in [0.15, 0.2) is 22.7 Å². The Morgan fingerprint density at radius 2 is 2.05 bits per heavy atom. The largest absolute Gasteiger partial charge is 0.480 e. The molecule has 0 radical (unpaired) electrons. The van der Waals surface area contributed by atoms with E-state index < -0.39 is 5.97 Å². The number of carbonyl (C=O) groups is 1. The van der Waals surface area contributed by atoms with E-state index in [4.69, 9.17) is 5.11 Å². The van der Waals surface area contributed by atoms with Crippen LogP contribution in [0.3, 0.4) is 0 Å². The van der Waals surface area contributed by atoms with Crippen LogP contribution in [0, 0.1) is 5.82 Å². The molecule has 0 amide bonds. The average molecular weight is 332 g/mol. The number of carboxylic acid groups (broad SMARTS) is 1. The summed E-state index contributed by atoms with van der Waals surface area (Å²) in [5, 5.41) is 9.01. The average Bonchev–Trinajstić information content (AvgIpc) is 2.23. The number of halogens is 2. The van der Waals surface area contributed by atoms with Gasteiger partial charge in [-0.1, -0.05) is 22.0 Å². The van der Waals surface area contributed by atoms with E-state index in [1.165, 1.54) is 6.07 Å². The summed E-state index contributed by atoms with van der Waals surface area (Å²) in [5.41, 5.74) is 0.136. The zero-order valence-corrected chi connectivity index (χ0v) is 13.2. The summed E-state index contributed by atoms with van der Waals surface area (Å²) in [4.78, 5) is 12.8. The summed E-state index contributed by atoms with van der Waals surface area (Å²) in [6.45, 7) is 7.45. The fourth-order valence-corrected chi connectivity index (χ4v) is 2.44. The van der Waals surface area contributed by atoms with Crippen molar-refractivity contribution in [1.82, 2.24) is 4.90 Å². The molecular weight excluding hydrogens is 313 g/mol. The Morgan fingerprint density at radius 1 is 1.47 bits per heavy atom. The second-order valence-electron chi connectivity index (χ2n) is 5.53. The third-order valence-electron chi connectivity index (χ3n) is 3.05. The Bertz CT molecular complexity index is 471. The van der Waals surface area contributed by atoms with E-state index in [0.717, 1.165) is 0 Å². The molecule has 0 bridgehead atoms. The van der Waals surface area contributed by atoms with Gasteiger partial charge in [0.1, 0.15) is 5.82 Å². The van der Waals surface area contributed by atoms with Crippen molar-refractivity contribution in [2.45, 2.75) is 39.3 Å². The van der Waals surface area contributed by atoms with Gasteiger partial charge in [0, 0.05) is 21.6 Å². The highest BCUT2D eigenvalue weighted by atomic mass is 79.9. The lowest BCUT2D eigenvalue weighted by molar-refractivity contribution is -0.140. The molecule has 5 heteroatoms. The molecule has 0 saturated carbocycles. The van der Waals surface area contributed by atoms with E-state index in [0.29, 0.717) is 10.0 Å². The van der Waals surface area contributed by atoms with E-state index in [1.54, 1.807) is 17.0 Å². The fraction of sp³-hybridized carbons (Fsp3) is 0.500. The zero-order chi connectivity index (χ0) is 14.8. The maximum Gasteiger partial charge on any atom is 0.317 e. The number of benzene rings is 1. The topological polar surface area (TPSA) is 40.5 Å². The third-order valence-corrected chi connectivity index (χ3v) is 3.54. The molecule has 1 atom stereocenters. The Hall–Kier alpha value is -0.940. The molecule has 106 valence electrons. The van der Waals surface area contributed by atoms with E-state index in [1.807, 2.05) is 27.7 Å². The molecular formula is C14H19BrFNO2. The van der Waals surface area contributed by atoms with Gasteiger partial charge < -0.3 is 5.11 Å². The molecule has 1 unspecified atom stereocenters. The van der Waals surface area contributed by atoms with Gasteiger partial charge in [0.15, 0.2) is 0 Å². The summed E-state index contributed by atoms with van der Waals surface area (Å²) >= 11 is 3.21. The number of hydrogen-bond acceptors (Lipinski definition) is 2. The van der Waals surface area contributed by atoms with Gasteiger partial charge in [-0.3, -0.25) is 9.69 Å². The molecule has 0 aliphatic rings.